The largest absolute Gasteiger partial charge is 0.399 e. The van der Waals surface area contributed by atoms with Gasteiger partial charge in [-0.05, 0) is 30.3 Å². The lowest BCUT2D eigenvalue weighted by Gasteiger charge is -2.05. The van der Waals surface area contributed by atoms with Crippen molar-refractivity contribution in [3.05, 3.63) is 49.9 Å². The van der Waals surface area contributed by atoms with Gasteiger partial charge in [0.05, 0.1) is 21.8 Å². The summed E-state index contributed by atoms with van der Waals surface area (Å²) in [7, 11) is 0. The molecule has 0 spiro atoms. The third-order valence-corrected chi connectivity index (χ3v) is 4.02. The Balaban J connectivity index is 1.89. The lowest BCUT2D eigenvalue weighted by molar-refractivity contribution is 1.07. The summed E-state index contributed by atoms with van der Waals surface area (Å²) in [4.78, 5) is 20.1. The molecule has 20 heavy (non-hydrogen) atoms. The molecule has 2 heterocycles. The molecule has 0 saturated heterocycles. The number of rotatable bonds is 3. The van der Waals surface area contributed by atoms with Crippen molar-refractivity contribution < 1.29 is 0 Å². The molecule has 5 nitrogen and oxygen atoms in total. The number of nitrogens with one attached hydrogen (secondary N) is 2. The second kappa shape index (κ2) is 5.15. The van der Waals surface area contributed by atoms with Crippen LogP contribution in [-0.4, -0.2) is 9.97 Å². The predicted octanol–water partition coefficient (Wildman–Crippen LogP) is 2.83. The van der Waals surface area contributed by atoms with Gasteiger partial charge in [0.15, 0.2) is 0 Å². The monoisotopic (exact) mass is 306 g/mol. The number of aromatic amines is 1. The fraction of sp³-hybridized carbons (Fsp3) is 0.0769. The molecule has 0 saturated carbocycles. The quantitative estimate of drug-likeness (QED) is 0.650. The lowest BCUT2D eigenvalue weighted by Crippen LogP contribution is -2.13. The standard InChI is InChI=1S/C13H11ClN4OS/c14-11-4-2-8(20-11)6-16-13-17-10-3-1-7(15)5-9(10)12(19)18-13/h1-5H,6,15H2,(H2,16,17,18,19). The van der Waals surface area contributed by atoms with E-state index in [1.807, 2.05) is 12.1 Å². The number of nitrogens with zero attached hydrogens (tertiary/aromatic N) is 1. The van der Waals surface area contributed by atoms with E-state index < -0.39 is 0 Å². The van der Waals surface area contributed by atoms with Crippen molar-refractivity contribution in [3.8, 4) is 0 Å². The summed E-state index contributed by atoms with van der Waals surface area (Å²) in [6.45, 7) is 0.556. The Labute approximate surface area is 123 Å². The van der Waals surface area contributed by atoms with Gasteiger partial charge in [0, 0.05) is 10.6 Å². The zero-order valence-corrected chi connectivity index (χ0v) is 11.9. The third-order valence-electron chi connectivity index (χ3n) is 2.79. The topological polar surface area (TPSA) is 83.8 Å². The minimum Gasteiger partial charge on any atom is -0.399 e. The minimum absolute atomic E-state index is 0.214. The summed E-state index contributed by atoms with van der Waals surface area (Å²) < 4.78 is 0.734. The molecule has 0 unspecified atom stereocenters. The highest BCUT2D eigenvalue weighted by Crippen LogP contribution is 2.22. The maximum atomic E-state index is 12.0. The first-order chi connectivity index (χ1) is 9.61. The Morgan fingerprint density at radius 1 is 1.35 bits per heavy atom. The van der Waals surface area contributed by atoms with Crippen LogP contribution < -0.4 is 16.6 Å². The Morgan fingerprint density at radius 3 is 2.95 bits per heavy atom. The van der Waals surface area contributed by atoms with Crippen LogP contribution in [0.5, 0.6) is 0 Å². The first-order valence-electron chi connectivity index (χ1n) is 5.89. The fourth-order valence-corrected chi connectivity index (χ4v) is 2.88. The lowest BCUT2D eigenvalue weighted by atomic mass is 10.2. The van der Waals surface area contributed by atoms with Gasteiger partial charge in [-0.3, -0.25) is 9.78 Å². The van der Waals surface area contributed by atoms with Gasteiger partial charge in [-0.25, -0.2) is 4.98 Å². The van der Waals surface area contributed by atoms with Gasteiger partial charge in [0.1, 0.15) is 0 Å². The number of anilines is 2. The number of nitrogen functional groups attached to an aromatic ring is 1. The molecule has 4 N–H and O–H groups in total. The highest BCUT2D eigenvalue weighted by atomic mass is 35.5. The van der Waals surface area contributed by atoms with E-state index in [1.165, 1.54) is 11.3 Å². The first-order valence-corrected chi connectivity index (χ1v) is 7.09. The summed E-state index contributed by atoms with van der Waals surface area (Å²) in [5.41, 5.74) is 6.59. The van der Waals surface area contributed by atoms with Crippen molar-refractivity contribution in [1.82, 2.24) is 9.97 Å². The average Bonchev–Trinajstić information content (AvgIpc) is 2.83. The van der Waals surface area contributed by atoms with Crippen molar-refractivity contribution in [2.45, 2.75) is 6.54 Å². The van der Waals surface area contributed by atoms with Gasteiger partial charge < -0.3 is 11.1 Å². The molecule has 0 aliphatic carbocycles. The number of benzene rings is 1. The van der Waals surface area contributed by atoms with Crippen LogP contribution in [-0.2, 0) is 6.54 Å². The molecule has 2 aromatic heterocycles. The molecule has 7 heteroatoms. The second-order valence-electron chi connectivity index (χ2n) is 4.25. The number of aromatic nitrogens is 2. The minimum atomic E-state index is -0.214. The molecule has 0 bridgehead atoms. The molecule has 0 aliphatic rings. The van der Waals surface area contributed by atoms with Crippen molar-refractivity contribution in [2.75, 3.05) is 11.1 Å². The van der Waals surface area contributed by atoms with E-state index in [2.05, 4.69) is 15.3 Å². The maximum Gasteiger partial charge on any atom is 0.260 e. The SMILES string of the molecule is Nc1ccc2nc(NCc3ccc(Cl)s3)[nH]c(=O)c2c1. The molecular weight excluding hydrogens is 296 g/mol. The number of nitrogens with two attached hydrogens (primary N) is 1. The average molecular weight is 307 g/mol. The summed E-state index contributed by atoms with van der Waals surface area (Å²) in [5, 5.41) is 3.56. The van der Waals surface area contributed by atoms with Gasteiger partial charge in [0.25, 0.3) is 5.56 Å². The molecule has 0 amide bonds. The third kappa shape index (κ3) is 2.61. The Morgan fingerprint density at radius 2 is 2.20 bits per heavy atom. The predicted molar refractivity (Wildman–Crippen MR) is 83.4 cm³/mol. The molecule has 1 aromatic carbocycles. The van der Waals surface area contributed by atoms with Gasteiger partial charge in [-0.15, -0.1) is 11.3 Å². The Bertz CT molecular complexity index is 827. The molecule has 0 atom stereocenters. The summed E-state index contributed by atoms with van der Waals surface area (Å²) >= 11 is 7.35. The van der Waals surface area contributed by atoms with Crippen LogP contribution in [0.15, 0.2) is 35.1 Å². The van der Waals surface area contributed by atoms with Crippen molar-refractivity contribution in [2.24, 2.45) is 0 Å². The van der Waals surface area contributed by atoms with Crippen LogP contribution in [0.1, 0.15) is 4.88 Å². The normalized spacial score (nSPS) is 10.8. The molecule has 3 rings (SSSR count). The number of H-pyrrole nitrogens is 1. The van der Waals surface area contributed by atoms with Gasteiger partial charge >= 0.3 is 0 Å². The second-order valence-corrected chi connectivity index (χ2v) is 6.05. The highest BCUT2D eigenvalue weighted by molar-refractivity contribution is 7.16. The zero-order valence-electron chi connectivity index (χ0n) is 10.3. The zero-order chi connectivity index (χ0) is 14.1. The molecule has 0 fully saturated rings. The van der Waals surface area contributed by atoms with Gasteiger partial charge in [-0.2, -0.15) is 0 Å². The molecule has 102 valence electrons. The van der Waals surface area contributed by atoms with Crippen LogP contribution in [0.25, 0.3) is 10.9 Å². The van der Waals surface area contributed by atoms with Crippen LogP contribution in [0, 0.1) is 0 Å². The van der Waals surface area contributed by atoms with E-state index in [1.54, 1.807) is 18.2 Å². The number of hydrogen-bond donors (Lipinski definition) is 3. The molecule has 0 radical (unpaired) electrons. The highest BCUT2D eigenvalue weighted by Gasteiger charge is 2.05. The fourth-order valence-electron chi connectivity index (χ4n) is 1.86. The number of hydrogen-bond acceptors (Lipinski definition) is 5. The van der Waals surface area contributed by atoms with Crippen molar-refractivity contribution in [1.29, 1.82) is 0 Å². The van der Waals surface area contributed by atoms with E-state index >= 15 is 0 Å². The van der Waals surface area contributed by atoms with Crippen LogP contribution in [0.4, 0.5) is 11.6 Å². The van der Waals surface area contributed by atoms with Crippen molar-refractivity contribution in [3.63, 3.8) is 0 Å². The van der Waals surface area contributed by atoms with Gasteiger partial charge in [0.2, 0.25) is 5.95 Å². The Hall–Kier alpha value is -2.05. The number of fused-ring (bicyclic) bond motifs is 1. The number of thiophene rings is 1. The molecular formula is C13H11ClN4OS. The van der Waals surface area contributed by atoms with E-state index in [9.17, 15) is 4.79 Å². The Kier molecular flexibility index (Phi) is 3.33. The summed E-state index contributed by atoms with van der Waals surface area (Å²) in [6.07, 6.45) is 0. The summed E-state index contributed by atoms with van der Waals surface area (Å²) in [5.74, 6) is 0.428. The van der Waals surface area contributed by atoms with Crippen LogP contribution in [0.3, 0.4) is 0 Å². The van der Waals surface area contributed by atoms with E-state index in [0.717, 1.165) is 9.21 Å². The number of halogens is 1. The van der Waals surface area contributed by atoms with Crippen molar-refractivity contribution >= 4 is 45.5 Å². The molecule has 0 aliphatic heterocycles. The van der Waals surface area contributed by atoms with E-state index in [0.29, 0.717) is 29.1 Å². The van der Waals surface area contributed by atoms with Crippen LogP contribution >= 0.6 is 22.9 Å². The maximum absolute atomic E-state index is 12.0. The summed E-state index contributed by atoms with van der Waals surface area (Å²) in [6, 6.07) is 8.83. The van der Waals surface area contributed by atoms with E-state index in [4.69, 9.17) is 17.3 Å². The van der Waals surface area contributed by atoms with Gasteiger partial charge in [-0.1, -0.05) is 11.6 Å². The first kappa shape index (κ1) is 13.0. The van der Waals surface area contributed by atoms with E-state index in [-0.39, 0.29) is 5.56 Å². The smallest absolute Gasteiger partial charge is 0.260 e. The van der Waals surface area contributed by atoms with Crippen LogP contribution in [0.2, 0.25) is 4.34 Å². The molecule has 3 aromatic rings.